The summed E-state index contributed by atoms with van der Waals surface area (Å²) in [5.74, 6) is 0.789. The van der Waals surface area contributed by atoms with Gasteiger partial charge >= 0.3 is 0 Å². The van der Waals surface area contributed by atoms with Crippen LogP contribution in [-0.2, 0) is 26.7 Å². The highest BCUT2D eigenvalue weighted by Crippen LogP contribution is 2.18. The van der Waals surface area contributed by atoms with Gasteiger partial charge in [-0.3, -0.25) is 14.6 Å². The molecule has 1 aromatic heterocycles. The highest BCUT2D eigenvalue weighted by atomic mass is 127. The number of para-hydroxylation sites is 1. The van der Waals surface area contributed by atoms with Gasteiger partial charge in [0, 0.05) is 65.2 Å². The summed E-state index contributed by atoms with van der Waals surface area (Å²) in [6, 6.07) is 21.4. The van der Waals surface area contributed by atoms with Gasteiger partial charge in [0.05, 0.1) is 12.2 Å². The number of hydrogen-bond donors (Lipinski definition) is 2. The van der Waals surface area contributed by atoms with Crippen molar-refractivity contribution in [2.24, 2.45) is 12.0 Å². The van der Waals surface area contributed by atoms with E-state index in [1.807, 2.05) is 24.0 Å². The Bertz CT molecular complexity index is 1010. The molecular formula is C25H34IN7. The molecule has 0 atom stereocenters. The van der Waals surface area contributed by atoms with Crippen LogP contribution in [0.4, 0.5) is 5.69 Å². The minimum Gasteiger partial charge on any atom is -0.369 e. The van der Waals surface area contributed by atoms with E-state index >= 15 is 0 Å². The first-order valence-corrected chi connectivity index (χ1v) is 11.2. The molecule has 0 saturated carbocycles. The van der Waals surface area contributed by atoms with Gasteiger partial charge in [-0.05, 0) is 29.3 Å². The van der Waals surface area contributed by atoms with Crippen molar-refractivity contribution >= 4 is 35.6 Å². The average Bonchev–Trinajstić information content (AvgIpc) is 3.26. The quantitative estimate of drug-likeness (QED) is 0.265. The molecule has 1 saturated heterocycles. The normalized spacial score (nSPS) is 14.6. The molecule has 2 aromatic carbocycles. The second-order valence-corrected chi connectivity index (χ2v) is 8.09. The number of halogens is 1. The van der Waals surface area contributed by atoms with Gasteiger partial charge in [0.1, 0.15) is 0 Å². The summed E-state index contributed by atoms with van der Waals surface area (Å²) in [4.78, 5) is 9.39. The van der Waals surface area contributed by atoms with Gasteiger partial charge in [-0.1, -0.05) is 42.5 Å². The molecule has 4 rings (SSSR count). The number of aromatic nitrogens is 2. The molecule has 7 nitrogen and oxygen atoms in total. The first-order valence-electron chi connectivity index (χ1n) is 11.2. The zero-order chi connectivity index (χ0) is 22.2. The van der Waals surface area contributed by atoms with Gasteiger partial charge < -0.3 is 15.5 Å². The maximum Gasteiger partial charge on any atom is 0.191 e. The van der Waals surface area contributed by atoms with Crippen molar-refractivity contribution in [2.75, 3.05) is 38.1 Å². The molecule has 0 unspecified atom stereocenters. The average molecular weight is 560 g/mol. The van der Waals surface area contributed by atoms with E-state index in [1.165, 1.54) is 16.8 Å². The zero-order valence-electron chi connectivity index (χ0n) is 19.4. The highest BCUT2D eigenvalue weighted by molar-refractivity contribution is 14.0. The van der Waals surface area contributed by atoms with Crippen molar-refractivity contribution in [2.45, 2.75) is 19.6 Å². The number of anilines is 1. The lowest BCUT2D eigenvalue weighted by atomic mass is 10.1. The van der Waals surface area contributed by atoms with Gasteiger partial charge in [-0.15, -0.1) is 24.0 Å². The Morgan fingerprint density at radius 3 is 2.21 bits per heavy atom. The van der Waals surface area contributed by atoms with Gasteiger partial charge in [-0.2, -0.15) is 5.10 Å². The van der Waals surface area contributed by atoms with E-state index in [9.17, 15) is 0 Å². The molecule has 2 heterocycles. The van der Waals surface area contributed by atoms with Crippen LogP contribution in [0.5, 0.6) is 0 Å². The molecule has 0 bridgehead atoms. The molecule has 3 aromatic rings. The topological polar surface area (TPSA) is 60.7 Å². The van der Waals surface area contributed by atoms with E-state index in [0.29, 0.717) is 6.54 Å². The predicted octanol–water partition coefficient (Wildman–Crippen LogP) is 3.23. The molecule has 2 N–H and O–H groups in total. The van der Waals surface area contributed by atoms with Crippen LogP contribution in [0, 0.1) is 0 Å². The lowest BCUT2D eigenvalue weighted by molar-refractivity contribution is 0.249. The van der Waals surface area contributed by atoms with Crippen LogP contribution in [0.1, 0.15) is 16.8 Å². The molecule has 176 valence electrons. The summed E-state index contributed by atoms with van der Waals surface area (Å²) in [6.45, 7) is 6.68. The van der Waals surface area contributed by atoms with Crippen molar-refractivity contribution in [1.29, 1.82) is 0 Å². The van der Waals surface area contributed by atoms with E-state index in [2.05, 4.69) is 85.1 Å². The number of guanidine groups is 1. The van der Waals surface area contributed by atoms with Crippen LogP contribution in [0.15, 0.2) is 71.9 Å². The van der Waals surface area contributed by atoms with E-state index < -0.39 is 0 Å². The summed E-state index contributed by atoms with van der Waals surface area (Å²) in [6.07, 6.45) is 1.81. The molecule has 0 amide bonds. The van der Waals surface area contributed by atoms with Crippen molar-refractivity contribution in [3.63, 3.8) is 0 Å². The van der Waals surface area contributed by atoms with E-state index in [-0.39, 0.29) is 24.0 Å². The van der Waals surface area contributed by atoms with Crippen LogP contribution in [0.3, 0.4) is 0 Å². The van der Waals surface area contributed by atoms with Crippen LogP contribution >= 0.6 is 24.0 Å². The van der Waals surface area contributed by atoms with Gasteiger partial charge in [0.2, 0.25) is 0 Å². The molecule has 0 aliphatic carbocycles. The van der Waals surface area contributed by atoms with Crippen molar-refractivity contribution < 1.29 is 0 Å². The van der Waals surface area contributed by atoms with E-state index in [4.69, 9.17) is 0 Å². The molecular weight excluding hydrogens is 525 g/mol. The monoisotopic (exact) mass is 559 g/mol. The van der Waals surface area contributed by atoms with Crippen molar-refractivity contribution in [3.8, 4) is 0 Å². The number of nitrogens with one attached hydrogen (secondary N) is 2. The van der Waals surface area contributed by atoms with Crippen LogP contribution in [-0.4, -0.2) is 53.9 Å². The zero-order valence-corrected chi connectivity index (χ0v) is 21.8. The number of rotatable bonds is 7. The maximum absolute atomic E-state index is 4.36. The number of aryl methyl sites for hydroxylation is 1. The van der Waals surface area contributed by atoms with Gasteiger partial charge in [-0.25, -0.2) is 0 Å². The highest BCUT2D eigenvalue weighted by Gasteiger charge is 2.18. The minimum atomic E-state index is 0. The number of benzene rings is 2. The third-order valence-electron chi connectivity index (χ3n) is 6.04. The molecule has 1 aliphatic heterocycles. The molecule has 0 spiro atoms. The molecule has 1 aliphatic rings. The fraction of sp³-hybridized carbons (Fsp3) is 0.360. The Balaban J connectivity index is 0.00000306. The van der Waals surface area contributed by atoms with Crippen molar-refractivity contribution in [1.82, 2.24) is 25.3 Å². The number of nitrogens with zero attached hydrogens (tertiary/aromatic N) is 5. The molecule has 8 heteroatoms. The Morgan fingerprint density at radius 1 is 0.879 bits per heavy atom. The second-order valence-electron chi connectivity index (χ2n) is 8.09. The summed E-state index contributed by atoms with van der Waals surface area (Å²) < 4.78 is 1.87. The summed E-state index contributed by atoms with van der Waals surface area (Å²) in [7, 11) is 3.75. The van der Waals surface area contributed by atoms with E-state index in [1.54, 1.807) is 7.05 Å². The molecule has 1 fully saturated rings. The van der Waals surface area contributed by atoms with Gasteiger partial charge in [0.15, 0.2) is 5.96 Å². The SMILES string of the molecule is CN=C(NCc1ccccc1CN1CCN(c2ccccc2)CC1)NCc1ccnn1C.I. The molecule has 0 radical (unpaired) electrons. The lowest BCUT2D eigenvalue weighted by Crippen LogP contribution is -2.46. The number of hydrogen-bond acceptors (Lipinski definition) is 4. The first kappa shape index (κ1) is 25.0. The number of aliphatic imine (C=N–C) groups is 1. The Morgan fingerprint density at radius 2 is 1.55 bits per heavy atom. The minimum absolute atomic E-state index is 0. The lowest BCUT2D eigenvalue weighted by Gasteiger charge is -2.36. The summed E-state index contributed by atoms with van der Waals surface area (Å²) >= 11 is 0. The fourth-order valence-electron chi connectivity index (χ4n) is 4.08. The Kier molecular flexibility index (Phi) is 9.56. The fourth-order valence-corrected chi connectivity index (χ4v) is 4.08. The Labute approximate surface area is 213 Å². The summed E-state index contributed by atoms with van der Waals surface area (Å²) in [5, 5.41) is 11.0. The maximum atomic E-state index is 4.36. The van der Waals surface area contributed by atoms with Crippen LogP contribution in [0.2, 0.25) is 0 Å². The second kappa shape index (κ2) is 12.6. The standard InChI is InChI=1S/C25H33N7.HI/c1-26-25(28-19-24-12-13-29-30(24)2)27-18-21-8-6-7-9-22(21)20-31-14-16-32(17-15-31)23-10-4-3-5-11-23;/h3-13H,14-20H2,1-2H3,(H2,26,27,28);1H. The van der Waals surface area contributed by atoms with Gasteiger partial charge in [0.25, 0.3) is 0 Å². The first-order chi connectivity index (χ1) is 15.7. The Hall–Kier alpha value is -2.59. The largest absolute Gasteiger partial charge is 0.369 e. The van der Waals surface area contributed by atoms with Crippen LogP contribution in [0.25, 0.3) is 0 Å². The third kappa shape index (κ3) is 6.94. The smallest absolute Gasteiger partial charge is 0.191 e. The predicted molar refractivity (Wildman–Crippen MR) is 146 cm³/mol. The summed E-state index contributed by atoms with van der Waals surface area (Å²) in [5.41, 5.74) is 5.11. The van der Waals surface area contributed by atoms with Crippen molar-refractivity contribution in [3.05, 3.63) is 83.7 Å². The number of piperazine rings is 1. The van der Waals surface area contributed by atoms with E-state index in [0.717, 1.165) is 50.9 Å². The molecule has 33 heavy (non-hydrogen) atoms. The third-order valence-corrected chi connectivity index (χ3v) is 6.04. The van der Waals surface area contributed by atoms with Crippen LogP contribution < -0.4 is 15.5 Å².